The Kier molecular flexibility index (Phi) is 7.93. The fourth-order valence-corrected chi connectivity index (χ4v) is 4.94. The lowest BCUT2D eigenvalue weighted by atomic mass is 9.84. The molecule has 1 saturated carbocycles. The first kappa shape index (κ1) is 25.0. The lowest BCUT2D eigenvalue weighted by Gasteiger charge is -2.22. The summed E-state index contributed by atoms with van der Waals surface area (Å²) < 4.78 is 5.31. The van der Waals surface area contributed by atoms with Gasteiger partial charge >= 0.3 is 6.09 Å². The van der Waals surface area contributed by atoms with Gasteiger partial charge in [-0.05, 0) is 81.7 Å². The molecule has 7 heteroatoms. The maximum atomic E-state index is 12.7. The van der Waals surface area contributed by atoms with Gasteiger partial charge in [-0.1, -0.05) is 31.4 Å². The van der Waals surface area contributed by atoms with E-state index >= 15 is 0 Å². The summed E-state index contributed by atoms with van der Waals surface area (Å²) >= 11 is 0. The molecule has 1 atom stereocenters. The van der Waals surface area contributed by atoms with Crippen molar-refractivity contribution in [3.8, 4) is 0 Å². The summed E-state index contributed by atoms with van der Waals surface area (Å²) in [7, 11) is 0. The average molecular weight is 479 g/mol. The molecule has 188 valence electrons. The monoisotopic (exact) mass is 478 g/mol. The van der Waals surface area contributed by atoms with Gasteiger partial charge in [-0.2, -0.15) is 0 Å². The Morgan fingerprint density at radius 1 is 1.03 bits per heavy atom. The van der Waals surface area contributed by atoms with Gasteiger partial charge in [0.05, 0.1) is 11.9 Å². The quantitative estimate of drug-likeness (QED) is 0.554. The summed E-state index contributed by atoms with van der Waals surface area (Å²) in [6.45, 7) is 7.86. The van der Waals surface area contributed by atoms with Crippen LogP contribution in [0, 0.1) is 5.92 Å². The highest BCUT2D eigenvalue weighted by molar-refractivity contribution is 6.04. The Morgan fingerprint density at radius 3 is 2.43 bits per heavy atom. The SMILES string of the molecule is CC(C)(C)OC(=O)NCC1CCN(c2ccc(NC(=O)c3ccc(C4CCCCC4)cc3)cn2)C1. The van der Waals surface area contributed by atoms with Gasteiger partial charge in [-0.15, -0.1) is 0 Å². The van der Waals surface area contributed by atoms with Gasteiger partial charge < -0.3 is 20.3 Å². The van der Waals surface area contributed by atoms with E-state index in [9.17, 15) is 9.59 Å². The number of nitrogens with zero attached hydrogens (tertiary/aromatic N) is 2. The van der Waals surface area contributed by atoms with Crippen molar-refractivity contribution in [2.45, 2.75) is 70.8 Å². The van der Waals surface area contributed by atoms with Crippen LogP contribution in [0.5, 0.6) is 0 Å². The second-order valence-electron chi connectivity index (χ2n) is 10.8. The van der Waals surface area contributed by atoms with Crippen molar-refractivity contribution in [1.29, 1.82) is 0 Å². The first-order valence-corrected chi connectivity index (χ1v) is 12.9. The van der Waals surface area contributed by atoms with E-state index in [1.165, 1.54) is 37.7 Å². The highest BCUT2D eigenvalue weighted by atomic mass is 16.6. The van der Waals surface area contributed by atoms with E-state index in [4.69, 9.17) is 4.74 Å². The standard InChI is InChI=1S/C28H38N4O3/c1-28(2,3)35-27(34)30-17-20-15-16-32(19-20)25-14-13-24(18-29-25)31-26(33)23-11-9-22(10-12-23)21-7-5-4-6-8-21/h9-14,18,20-21H,4-8,15-17,19H2,1-3H3,(H,30,34)(H,31,33). The Morgan fingerprint density at radius 2 is 1.77 bits per heavy atom. The summed E-state index contributed by atoms with van der Waals surface area (Å²) in [5.74, 6) is 1.74. The van der Waals surface area contributed by atoms with Gasteiger partial charge in [0.15, 0.2) is 0 Å². The zero-order valence-electron chi connectivity index (χ0n) is 21.2. The van der Waals surface area contributed by atoms with Crippen LogP contribution in [-0.2, 0) is 4.74 Å². The molecule has 1 aliphatic carbocycles. The van der Waals surface area contributed by atoms with E-state index in [1.807, 2.05) is 45.0 Å². The highest BCUT2D eigenvalue weighted by Gasteiger charge is 2.25. The second kappa shape index (κ2) is 11.1. The van der Waals surface area contributed by atoms with Gasteiger partial charge in [0.2, 0.25) is 0 Å². The number of hydrogen-bond acceptors (Lipinski definition) is 5. The third kappa shape index (κ3) is 7.20. The van der Waals surface area contributed by atoms with E-state index in [-0.39, 0.29) is 12.0 Å². The minimum Gasteiger partial charge on any atom is -0.444 e. The molecule has 1 saturated heterocycles. The molecule has 7 nitrogen and oxygen atoms in total. The van der Waals surface area contributed by atoms with Crippen LogP contribution in [0.15, 0.2) is 42.6 Å². The zero-order valence-corrected chi connectivity index (χ0v) is 21.2. The lowest BCUT2D eigenvalue weighted by Crippen LogP contribution is -2.36. The number of benzene rings is 1. The number of amides is 2. The number of alkyl carbamates (subject to hydrolysis) is 1. The highest BCUT2D eigenvalue weighted by Crippen LogP contribution is 2.32. The van der Waals surface area contributed by atoms with Crippen LogP contribution in [0.2, 0.25) is 0 Å². The molecule has 4 rings (SSSR count). The molecule has 35 heavy (non-hydrogen) atoms. The number of anilines is 2. The second-order valence-corrected chi connectivity index (χ2v) is 10.8. The van der Waals surface area contributed by atoms with E-state index < -0.39 is 5.60 Å². The van der Waals surface area contributed by atoms with Crippen LogP contribution < -0.4 is 15.5 Å². The fourth-order valence-electron chi connectivity index (χ4n) is 4.94. The molecule has 2 aliphatic rings. The number of nitrogens with one attached hydrogen (secondary N) is 2. The van der Waals surface area contributed by atoms with E-state index in [0.717, 1.165) is 25.3 Å². The van der Waals surface area contributed by atoms with E-state index in [1.54, 1.807) is 6.20 Å². The predicted molar refractivity (Wildman–Crippen MR) is 139 cm³/mol. The van der Waals surface area contributed by atoms with Crippen molar-refractivity contribution in [2.24, 2.45) is 5.92 Å². The van der Waals surface area contributed by atoms with E-state index in [0.29, 0.717) is 29.6 Å². The van der Waals surface area contributed by atoms with Crippen LogP contribution in [-0.4, -0.2) is 42.2 Å². The topological polar surface area (TPSA) is 83.6 Å². The Labute approximate surface area is 208 Å². The van der Waals surface area contributed by atoms with Crippen LogP contribution in [0.25, 0.3) is 0 Å². The van der Waals surface area contributed by atoms with Crippen LogP contribution in [0.4, 0.5) is 16.3 Å². The first-order valence-electron chi connectivity index (χ1n) is 12.9. The van der Waals surface area contributed by atoms with Crippen molar-refractivity contribution in [1.82, 2.24) is 10.3 Å². The molecule has 1 aromatic carbocycles. The normalized spacial score (nSPS) is 18.8. The van der Waals surface area contributed by atoms with Crippen molar-refractivity contribution >= 4 is 23.5 Å². The van der Waals surface area contributed by atoms with Crippen LogP contribution >= 0.6 is 0 Å². The number of rotatable bonds is 6. The van der Waals surface area contributed by atoms with Gasteiger partial charge in [0.1, 0.15) is 11.4 Å². The van der Waals surface area contributed by atoms with Gasteiger partial charge in [0, 0.05) is 25.2 Å². The molecular weight excluding hydrogens is 440 g/mol. The van der Waals surface area contributed by atoms with Gasteiger partial charge in [0.25, 0.3) is 5.91 Å². The van der Waals surface area contributed by atoms with E-state index in [2.05, 4.69) is 32.7 Å². The molecule has 1 unspecified atom stereocenters. The summed E-state index contributed by atoms with van der Waals surface area (Å²) in [4.78, 5) is 31.4. The molecule has 2 N–H and O–H groups in total. The van der Waals surface area contributed by atoms with Crippen LogP contribution in [0.3, 0.4) is 0 Å². The molecule has 1 aliphatic heterocycles. The zero-order chi connectivity index (χ0) is 24.8. The van der Waals surface area contributed by atoms with Crippen molar-refractivity contribution in [3.05, 3.63) is 53.7 Å². The van der Waals surface area contributed by atoms with Crippen molar-refractivity contribution in [3.63, 3.8) is 0 Å². The molecule has 2 fully saturated rings. The number of carbonyl (C=O) groups excluding carboxylic acids is 2. The molecule has 2 heterocycles. The number of carbonyl (C=O) groups is 2. The molecule has 0 radical (unpaired) electrons. The van der Waals surface area contributed by atoms with Crippen molar-refractivity contribution < 1.29 is 14.3 Å². The Hall–Kier alpha value is -3.09. The molecule has 0 bridgehead atoms. The Balaban J connectivity index is 1.25. The van der Waals surface area contributed by atoms with Gasteiger partial charge in [-0.25, -0.2) is 9.78 Å². The summed E-state index contributed by atoms with van der Waals surface area (Å²) in [5, 5.41) is 5.82. The number of aromatic nitrogens is 1. The molecular formula is C28H38N4O3. The van der Waals surface area contributed by atoms with Crippen LogP contribution in [0.1, 0.15) is 81.1 Å². The minimum absolute atomic E-state index is 0.121. The van der Waals surface area contributed by atoms with Gasteiger partial charge in [-0.3, -0.25) is 4.79 Å². The number of pyridine rings is 1. The first-order chi connectivity index (χ1) is 16.8. The third-order valence-corrected chi connectivity index (χ3v) is 6.80. The third-order valence-electron chi connectivity index (χ3n) is 6.80. The maximum absolute atomic E-state index is 12.7. The van der Waals surface area contributed by atoms with Crippen molar-refractivity contribution in [2.75, 3.05) is 29.9 Å². The fraction of sp³-hybridized carbons (Fsp3) is 0.536. The minimum atomic E-state index is -0.495. The summed E-state index contributed by atoms with van der Waals surface area (Å²) in [5.41, 5.74) is 2.19. The lowest BCUT2D eigenvalue weighted by molar-refractivity contribution is 0.0520. The molecule has 2 amide bonds. The number of hydrogen-bond donors (Lipinski definition) is 2. The smallest absolute Gasteiger partial charge is 0.407 e. The maximum Gasteiger partial charge on any atom is 0.407 e. The molecule has 1 aromatic heterocycles. The predicted octanol–water partition coefficient (Wildman–Crippen LogP) is 5.73. The molecule has 0 spiro atoms. The number of ether oxygens (including phenoxy) is 1. The summed E-state index contributed by atoms with van der Waals surface area (Å²) in [6.07, 6.45) is 8.76. The largest absolute Gasteiger partial charge is 0.444 e. The molecule has 2 aromatic rings. The Bertz CT molecular complexity index is 992. The average Bonchev–Trinajstić information content (AvgIpc) is 3.32. The summed E-state index contributed by atoms with van der Waals surface area (Å²) in [6, 6.07) is 11.9.